The summed E-state index contributed by atoms with van der Waals surface area (Å²) in [5.74, 6) is 0.292. The largest absolute Gasteiger partial charge is 0.354 e. The fourth-order valence-corrected chi connectivity index (χ4v) is 1.82. The van der Waals surface area contributed by atoms with Gasteiger partial charge >= 0.3 is 5.69 Å². The highest BCUT2D eigenvalue weighted by atomic mass is 16.6. The fraction of sp³-hybridized carbons (Fsp3) is 0.250. The summed E-state index contributed by atoms with van der Waals surface area (Å²) in [5.41, 5.74) is 1.89. The molecule has 0 fully saturated rings. The zero-order chi connectivity index (χ0) is 13.1. The number of nitrogens with zero attached hydrogens (tertiary/aromatic N) is 2. The molecule has 6 heteroatoms. The molecule has 0 aliphatic rings. The summed E-state index contributed by atoms with van der Waals surface area (Å²) in [6.07, 6.45) is 0.994. The van der Waals surface area contributed by atoms with Gasteiger partial charge in [0.1, 0.15) is 7.85 Å². The smallest absolute Gasteiger partial charge is 0.334 e. The lowest BCUT2D eigenvalue weighted by atomic mass is 9.88. The van der Waals surface area contributed by atoms with Crippen LogP contribution >= 0.6 is 0 Å². The molecule has 1 aromatic heterocycles. The SMILES string of the molecule is [B]c1ccccc1CCc1onc(C)c1[N+](=O)[O-]. The van der Waals surface area contributed by atoms with Crippen LogP contribution in [0.1, 0.15) is 17.0 Å². The second-order valence-corrected chi connectivity index (χ2v) is 4.00. The van der Waals surface area contributed by atoms with E-state index in [-0.39, 0.29) is 5.69 Å². The van der Waals surface area contributed by atoms with Crippen LogP contribution in [0, 0.1) is 17.0 Å². The van der Waals surface area contributed by atoms with E-state index in [9.17, 15) is 10.1 Å². The zero-order valence-corrected chi connectivity index (χ0v) is 9.92. The van der Waals surface area contributed by atoms with E-state index in [1.54, 1.807) is 13.0 Å². The van der Waals surface area contributed by atoms with Gasteiger partial charge in [-0.1, -0.05) is 40.4 Å². The van der Waals surface area contributed by atoms with Gasteiger partial charge in [0, 0.05) is 6.42 Å². The lowest BCUT2D eigenvalue weighted by Crippen LogP contribution is -2.10. The van der Waals surface area contributed by atoms with Gasteiger partial charge in [-0.3, -0.25) is 10.1 Å². The van der Waals surface area contributed by atoms with Crippen molar-refractivity contribution in [3.05, 3.63) is 51.4 Å². The second kappa shape index (κ2) is 5.04. The van der Waals surface area contributed by atoms with Gasteiger partial charge in [-0.2, -0.15) is 0 Å². The molecule has 0 spiro atoms. The predicted octanol–water partition coefficient (Wildman–Crippen LogP) is 1.47. The molecule has 0 bridgehead atoms. The summed E-state index contributed by atoms with van der Waals surface area (Å²) in [6, 6.07) is 7.42. The molecule has 0 N–H and O–H groups in total. The average Bonchev–Trinajstić information content (AvgIpc) is 2.69. The van der Waals surface area contributed by atoms with Crippen molar-refractivity contribution < 1.29 is 9.45 Å². The third-order valence-corrected chi connectivity index (χ3v) is 2.76. The highest BCUT2D eigenvalue weighted by Gasteiger charge is 2.23. The number of aryl methyl sites for hydroxylation is 3. The molecule has 2 aromatic rings. The lowest BCUT2D eigenvalue weighted by molar-refractivity contribution is -0.386. The molecule has 0 amide bonds. The van der Waals surface area contributed by atoms with Crippen LogP contribution in [0.4, 0.5) is 5.69 Å². The molecule has 0 saturated heterocycles. The topological polar surface area (TPSA) is 69.2 Å². The van der Waals surface area contributed by atoms with Crippen LogP contribution in [0.3, 0.4) is 0 Å². The van der Waals surface area contributed by atoms with Crippen LogP contribution < -0.4 is 5.46 Å². The van der Waals surface area contributed by atoms with Crippen molar-refractivity contribution in [3.63, 3.8) is 0 Å². The molecule has 2 radical (unpaired) electrons. The van der Waals surface area contributed by atoms with Crippen molar-refractivity contribution in [2.75, 3.05) is 0 Å². The van der Waals surface area contributed by atoms with Crippen molar-refractivity contribution in [2.45, 2.75) is 19.8 Å². The first kappa shape index (κ1) is 12.4. The van der Waals surface area contributed by atoms with Gasteiger partial charge in [-0.05, 0) is 13.3 Å². The van der Waals surface area contributed by atoms with Gasteiger partial charge in [-0.25, -0.2) is 0 Å². The Bertz CT molecular complexity index is 580. The van der Waals surface area contributed by atoms with Crippen LogP contribution in [0.15, 0.2) is 28.8 Å². The molecule has 0 atom stereocenters. The third-order valence-electron chi connectivity index (χ3n) is 2.76. The average molecular weight is 242 g/mol. The zero-order valence-electron chi connectivity index (χ0n) is 9.92. The summed E-state index contributed by atoms with van der Waals surface area (Å²) in [5, 5.41) is 14.5. The van der Waals surface area contributed by atoms with Crippen molar-refractivity contribution in [1.29, 1.82) is 0 Å². The van der Waals surface area contributed by atoms with Gasteiger partial charge in [0.2, 0.25) is 5.76 Å². The van der Waals surface area contributed by atoms with E-state index in [0.29, 0.717) is 29.8 Å². The van der Waals surface area contributed by atoms with E-state index in [0.717, 1.165) is 5.56 Å². The molecule has 0 unspecified atom stereocenters. The fourth-order valence-electron chi connectivity index (χ4n) is 1.82. The Morgan fingerprint density at radius 2 is 2.11 bits per heavy atom. The van der Waals surface area contributed by atoms with Gasteiger partial charge in [0.25, 0.3) is 0 Å². The molecule has 5 nitrogen and oxygen atoms in total. The highest BCUT2D eigenvalue weighted by Crippen LogP contribution is 2.23. The van der Waals surface area contributed by atoms with Gasteiger partial charge in [0.05, 0.1) is 4.92 Å². The molecule has 1 aromatic carbocycles. The number of hydrogen-bond donors (Lipinski definition) is 0. The Morgan fingerprint density at radius 1 is 1.39 bits per heavy atom. The Hall–Kier alpha value is -2.11. The van der Waals surface area contributed by atoms with E-state index in [2.05, 4.69) is 5.16 Å². The standard InChI is InChI=1S/C12H11BN2O3/c1-8-12(15(16)17)11(18-14-8)7-6-9-4-2-3-5-10(9)13/h2-5H,6-7H2,1H3. The molecular weight excluding hydrogens is 231 g/mol. The summed E-state index contributed by atoms with van der Waals surface area (Å²) in [7, 11) is 5.81. The first-order valence-corrected chi connectivity index (χ1v) is 5.52. The van der Waals surface area contributed by atoms with Crippen molar-refractivity contribution >= 4 is 19.0 Å². The van der Waals surface area contributed by atoms with Crippen molar-refractivity contribution in [2.24, 2.45) is 0 Å². The maximum absolute atomic E-state index is 10.9. The molecule has 0 aliphatic heterocycles. The van der Waals surface area contributed by atoms with Crippen LogP contribution in [-0.4, -0.2) is 17.9 Å². The van der Waals surface area contributed by atoms with Gasteiger partial charge in [-0.15, -0.1) is 0 Å². The Morgan fingerprint density at radius 3 is 2.78 bits per heavy atom. The summed E-state index contributed by atoms with van der Waals surface area (Å²) in [4.78, 5) is 10.4. The summed E-state index contributed by atoms with van der Waals surface area (Å²) in [6.45, 7) is 1.56. The number of hydrogen-bond acceptors (Lipinski definition) is 4. The first-order chi connectivity index (χ1) is 8.59. The van der Waals surface area contributed by atoms with Gasteiger partial charge < -0.3 is 4.52 Å². The number of benzene rings is 1. The number of rotatable bonds is 4. The monoisotopic (exact) mass is 242 g/mol. The minimum Gasteiger partial charge on any atom is -0.354 e. The van der Waals surface area contributed by atoms with Crippen LogP contribution in [0.2, 0.25) is 0 Å². The lowest BCUT2D eigenvalue weighted by Gasteiger charge is -2.03. The molecular formula is C12H11BN2O3. The highest BCUT2D eigenvalue weighted by molar-refractivity contribution is 6.33. The summed E-state index contributed by atoms with van der Waals surface area (Å²) >= 11 is 0. The van der Waals surface area contributed by atoms with Crippen molar-refractivity contribution in [3.8, 4) is 0 Å². The molecule has 90 valence electrons. The molecule has 0 aliphatic carbocycles. The predicted molar refractivity (Wildman–Crippen MR) is 67.1 cm³/mol. The summed E-state index contributed by atoms with van der Waals surface area (Å²) < 4.78 is 4.99. The number of nitro groups is 1. The van der Waals surface area contributed by atoms with Crippen LogP contribution in [0.5, 0.6) is 0 Å². The number of aromatic nitrogens is 1. The normalized spacial score (nSPS) is 10.5. The molecule has 0 saturated carbocycles. The van der Waals surface area contributed by atoms with E-state index >= 15 is 0 Å². The van der Waals surface area contributed by atoms with Crippen LogP contribution in [-0.2, 0) is 12.8 Å². The van der Waals surface area contributed by atoms with Gasteiger partial charge in [0.15, 0.2) is 5.69 Å². The van der Waals surface area contributed by atoms with E-state index in [1.807, 2.05) is 18.2 Å². The van der Waals surface area contributed by atoms with E-state index in [1.165, 1.54) is 0 Å². The molecule has 1 heterocycles. The Labute approximate surface area is 105 Å². The molecule has 2 rings (SSSR count). The Kier molecular flexibility index (Phi) is 3.46. The minimum absolute atomic E-state index is 0.0375. The van der Waals surface area contributed by atoms with E-state index < -0.39 is 4.92 Å². The molecule has 18 heavy (non-hydrogen) atoms. The maximum Gasteiger partial charge on any atom is 0.334 e. The van der Waals surface area contributed by atoms with E-state index in [4.69, 9.17) is 12.4 Å². The maximum atomic E-state index is 10.9. The minimum atomic E-state index is -0.463. The quantitative estimate of drug-likeness (QED) is 0.462. The van der Waals surface area contributed by atoms with Crippen molar-refractivity contribution in [1.82, 2.24) is 5.16 Å². The first-order valence-electron chi connectivity index (χ1n) is 5.52. The third kappa shape index (κ3) is 2.42. The Balaban J connectivity index is 2.16. The van der Waals surface area contributed by atoms with Crippen LogP contribution in [0.25, 0.3) is 0 Å². The second-order valence-electron chi connectivity index (χ2n) is 4.00.